The molecule has 0 atom stereocenters. The van der Waals surface area contributed by atoms with E-state index < -0.39 is 0 Å². The molecule has 0 saturated heterocycles. The van der Waals surface area contributed by atoms with Crippen molar-refractivity contribution in [1.82, 2.24) is 5.32 Å². The summed E-state index contributed by atoms with van der Waals surface area (Å²) >= 11 is 0. The zero-order chi connectivity index (χ0) is 9.23. The van der Waals surface area contributed by atoms with Gasteiger partial charge in [0.15, 0.2) is 0 Å². The predicted octanol–water partition coefficient (Wildman–Crippen LogP) is 2.19. The Morgan fingerprint density at radius 1 is 1.17 bits per heavy atom. The lowest BCUT2D eigenvalue weighted by Gasteiger charge is -2.07. The summed E-state index contributed by atoms with van der Waals surface area (Å²) in [6, 6.07) is 0.622. The third-order valence-electron chi connectivity index (χ3n) is 1.72. The fraction of sp³-hybridized carbons (Fsp3) is 1.00. The van der Waals surface area contributed by atoms with Crippen LogP contribution in [0.15, 0.2) is 0 Å². The van der Waals surface area contributed by atoms with Crippen molar-refractivity contribution in [3.63, 3.8) is 0 Å². The van der Waals surface area contributed by atoms with Crippen LogP contribution in [-0.4, -0.2) is 25.8 Å². The number of hydrogen-bond acceptors (Lipinski definition) is 2. The van der Waals surface area contributed by atoms with Gasteiger partial charge in [-0.3, -0.25) is 0 Å². The summed E-state index contributed by atoms with van der Waals surface area (Å²) in [6.45, 7) is 9.33. The summed E-state index contributed by atoms with van der Waals surface area (Å²) in [6.07, 6.45) is 3.75. The van der Waals surface area contributed by atoms with Crippen molar-refractivity contribution < 1.29 is 4.74 Å². The van der Waals surface area contributed by atoms with Gasteiger partial charge in [-0.25, -0.2) is 0 Å². The van der Waals surface area contributed by atoms with Crippen LogP contribution in [0, 0.1) is 0 Å². The highest BCUT2D eigenvalue weighted by atomic mass is 16.5. The summed E-state index contributed by atoms with van der Waals surface area (Å²) in [5, 5.41) is 3.40. The van der Waals surface area contributed by atoms with E-state index in [0.717, 1.165) is 19.8 Å². The Bertz CT molecular complexity index is 83.9. The van der Waals surface area contributed by atoms with Gasteiger partial charge in [-0.2, -0.15) is 0 Å². The number of ether oxygens (including phenoxy) is 1. The van der Waals surface area contributed by atoms with E-state index in [1.807, 2.05) is 6.92 Å². The van der Waals surface area contributed by atoms with Crippen LogP contribution in [0.5, 0.6) is 0 Å². The maximum Gasteiger partial charge on any atom is 0.0465 e. The van der Waals surface area contributed by atoms with Gasteiger partial charge in [-0.15, -0.1) is 0 Å². The number of nitrogens with one attached hydrogen (secondary N) is 1. The molecule has 0 radical (unpaired) electrons. The van der Waals surface area contributed by atoms with Crippen LogP contribution in [0.2, 0.25) is 0 Å². The molecule has 0 aliphatic rings. The average Bonchev–Trinajstić information content (AvgIpc) is 2.02. The fourth-order valence-electron chi connectivity index (χ4n) is 1.04. The standard InChI is InChI=1S/C10H23NO/c1-4-12-9-7-5-6-8-11-10(2)3/h10-11H,4-9H2,1-3H3. The molecule has 0 aromatic carbocycles. The molecule has 12 heavy (non-hydrogen) atoms. The summed E-state index contributed by atoms with van der Waals surface area (Å²) in [5.41, 5.74) is 0. The molecular weight excluding hydrogens is 150 g/mol. The first kappa shape index (κ1) is 11.9. The van der Waals surface area contributed by atoms with E-state index in [1.165, 1.54) is 19.3 Å². The second kappa shape index (κ2) is 9.01. The lowest BCUT2D eigenvalue weighted by Crippen LogP contribution is -2.23. The summed E-state index contributed by atoms with van der Waals surface area (Å²) in [4.78, 5) is 0. The normalized spacial score (nSPS) is 11.0. The Hall–Kier alpha value is -0.0800. The highest BCUT2D eigenvalue weighted by molar-refractivity contribution is 4.52. The van der Waals surface area contributed by atoms with Crippen molar-refractivity contribution in [2.24, 2.45) is 0 Å². The topological polar surface area (TPSA) is 21.3 Å². The van der Waals surface area contributed by atoms with E-state index in [-0.39, 0.29) is 0 Å². The zero-order valence-corrected chi connectivity index (χ0v) is 8.73. The van der Waals surface area contributed by atoms with Crippen LogP contribution < -0.4 is 5.32 Å². The molecule has 2 heteroatoms. The second-order valence-corrected chi connectivity index (χ2v) is 3.37. The monoisotopic (exact) mass is 173 g/mol. The van der Waals surface area contributed by atoms with Crippen molar-refractivity contribution >= 4 is 0 Å². The number of rotatable bonds is 8. The van der Waals surface area contributed by atoms with Gasteiger partial charge in [-0.1, -0.05) is 13.8 Å². The number of unbranched alkanes of at least 4 members (excludes halogenated alkanes) is 2. The van der Waals surface area contributed by atoms with Crippen LogP contribution in [0.3, 0.4) is 0 Å². The smallest absolute Gasteiger partial charge is 0.0465 e. The van der Waals surface area contributed by atoms with Gasteiger partial charge in [0.25, 0.3) is 0 Å². The molecule has 0 saturated carbocycles. The first-order valence-electron chi connectivity index (χ1n) is 5.08. The zero-order valence-electron chi connectivity index (χ0n) is 8.73. The fourth-order valence-corrected chi connectivity index (χ4v) is 1.04. The van der Waals surface area contributed by atoms with E-state index in [0.29, 0.717) is 6.04 Å². The quantitative estimate of drug-likeness (QED) is 0.568. The average molecular weight is 173 g/mol. The molecule has 0 spiro atoms. The SMILES string of the molecule is CCOCCCCCNC(C)C. The molecule has 0 amide bonds. The molecule has 0 heterocycles. The summed E-state index contributed by atoms with van der Waals surface area (Å²) in [5.74, 6) is 0. The van der Waals surface area contributed by atoms with Crippen LogP contribution in [-0.2, 0) is 4.74 Å². The van der Waals surface area contributed by atoms with Gasteiger partial charge in [0.2, 0.25) is 0 Å². The lowest BCUT2D eigenvalue weighted by molar-refractivity contribution is 0.143. The minimum Gasteiger partial charge on any atom is -0.382 e. The molecule has 0 aromatic rings. The van der Waals surface area contributed by atoms with Crippen molar-refractivity contribution in [2.45, 2.75) is 46.1 Å². The largest absolute Gasteiger partial charge is 0.382 e. The number of hydrogen-bond donors (Lipinski definition) is 1. The van der Waals surface area contributed by atoms with Crippen LogP contribution in [0.25, 0.3) is 0 Å². The second-order valence-electron chi connectivity index (χ2n) is 3.37. The van der Waals surface area contributed by atoms with Gasteiger partial charge >= 0.3 is 0 Å². The Kier molecular flexibility index (Phi) is 8.95. The summed E-state index contributed by atoms with van der Waals surface area (Å²) in [7, 11) is 0. The van der Waals surface area contributed by atoms with Crippen molar-refractivity contribution in [2.75, 3.05) is 19.8 Å². The molecule has 0 aromatic heterocycles. The molecule has 0 aliphatic heterocycles. The van der Waals surface area contributed by atoms with E-state index in [2.05, 4.69) is 19.2 Å². The van der Waals surface area contributed by atoms with E-state index >= 15 is 0 Å². The van der Waals surface area contributed by atoms with Gasteiger partial charge in [0.05, 0.1) is 0 Å². The van der Waals surface area contributed by atoms with Crippen molar-refractivity contribution in [1.29, 1.82) is 0 Å². The first-order valence-corrected chi connectivity index (χ1v) is 5.08. The van der Waals surface area contributed by atoms with Crippen LogP contribution >= 0.6 is 0 Å². The van der Waals surface area contributed by atoms with Gasteiger partial charge < -0.3 is 10.1 Å². The molecule has 0 rings (SSSR count). The van der Waals surface area contributed by atoms with Crippen LogP contribution in [0.4, 0.5) is 0 Å². The minimum absolute atomic E-state index is 0.622. The van der Waals surface area contributed by atoms with Crippen LogP contribution in [0.1, 0.15) is 40.0 Å². The van der Waals surface area contributed by atoms with E-state index in [9.17, 15) is 0 Å². The molecule has 74 valence electrons. The minimum atomic E-state index is 0.622. The van der Waals surface area contributed by atoms with Crippen molar-refractivity contribution in [3.05, 3.63) is 0 Å². The predicted molar refractivity (Wildman–Crippen MR) is 53.5 cm³/mol. The third-order valence-corrected chi connectivity index (χ3v) is 1.72. The maximum atomic E-state index is 5.24. The Balaban J connectivity index is 2.82. The van der Waals surface area contributed by atoms with Gasteiger partial charge in [0.1, 0.15) is 0 Å². The lowest BCUT2D eigenvalue weighted by atomic mass is 10.2. The van der Waals surface area contributed by atoms with E-state index in [1.54, 1.807) is 0 Å². The molecule has 2 nitrogen and oxygen atoms in total. The van der Waals surface area contributed by atoms with Gasteiger partial charge in [-0.05, 0) is 32.7 Å². The molecule has 0 unspecified atom stereocenters. The van der Waals surface area contributed by atoms with Gasteiger partial charge in [0, 0.05) is 19.3 Å². The highest BCUT2D eigenvalue weighted by Crippen LogP contribution is 1.94. The van der Waals surface area contributed by atoms with Crippen molar-refractivity contribution in [3.8, 4) is 0 Å². The molecule has 0 fully saturated rings. The Labute approximate surface area is 76.7 Å². The highest BCUT2D eigenvalue weighted by Gasteiger charge is 1.91. The Morgan fingerprint density at radius 3 is 2.50 bits per heavy atom. The Morgan fingerprint density at radius 2 is 1.92 bits per heavy atom. The molecule has 0 aliphatic carbocycles. The molecular formula is C10H23NO. The maximum absolute atomic E-state index is 5.24. The summed E-state index contributed by atoms with van der Waals surface area (Å²) < 4.78 is 5.24. The molecule has 1 N–H and O–H groups in total. The molecule has 0 bridgehead atoms. The first-order chi connectivity index (χ1) is 5.77. The van der Waals surface area contributed by atoms with E-state index in [4.69, 9.17) is 4.74 Å². The third kappa shape index (κ3) is 9.92.